The van der Waals surface area contributed by atoms with Crippen molar-refractivity contribution in [3.05, 3.63) is 0 Å². The summed E-state index contributed by atoms with van der Waals surface area (Å²) in [5, 5.41) is 3.63. The maximum absolute atomic E-state index is 5.79. The van der Waals surface area contributed by atoms with Crippen LogP contribution in [0.4, 0.5) is 0 Å². The third kappa shape index (κ3) is 3.91. The van der Waals surface area contributed by atoms with Crippen molar-refractivity contribution in [3.63, 3.8) is 0 Å². The molecule has 100 valence electrons. The lowest BCUT2D eigenvalue weighted by molar-refractivity contribution is -0.0264. The Bertz CT molecular complexity index is 225. The number of nitrogens with zero attached hydrogens (tertiary/aromatic N) is 1. The molecule has 0 radical (unpaired) electrons. The van der Waals surface area contributed by atoms with Crippen molar-refractivity contribution in [2.24, 2.45) is 0 Å². The number of ether oxygens (including phenoxy) is 2. The second-order valence-corrected chi connectivity index (χ2v) is 5.16. The van der Waals surface area contributed by atoms with Gasteiger partial charge in [0, 0.05) is 32.8 Å². The molecule has 3 unspecified atom stereocenters. The third-order valence-electron chi connectivity index (χ3n) is 4.02. The number of nitrogens with one attached hydrogen (secondary N) is 1. The second-order valence-electron chi connectivity index (χ2n) is 5.16. The standard InChI is InChI=1S/C13H26N2O2/c1-3-15-6-7-17-13(10-15)9-14-11-4-5-12(8-11)16-2/h11-14H,3-10H2,1-2H3. The molecule has 3 atom stereocenters. The van der Waals surface area contributed by atoms with Gasteiger partial charge in [0.15, 0.2) is 0 Å². The van der Waals surface area contributed by atoms with Gasteiger partial charge >= 0.3 is 0 Å². The predicted molar refractivity (Wildman–Crippen MR) is 68.3 cm³/mol. The highest BCUT2D eigenvalue weighted by Crippen LogP contribution is 2.21. The molecule has 1 N–H and O–H groups in total. The highest BCUT2D eigenvalue weighted by molar-refractivity contribution is 4.83. The van der Waals surface area contributed by atoms with Crippen molar-refractivity contribution in [2.75, 3.05) is 39.9 Å². The average Bonchev–Trinajstić information content (AvgIpc) is 2.84. The van der Waals surface area contributed by atoms with Gasteiger partial charge in [-0.2, -0.15) is 0 Å². The fraction of sp³-hybridized carbons (Fsp3) is 1.00. The molecular weight excluding hydrogens is 216 g/mol. The van der Waals surface area contributed by atoms with Crippen LogP contribution in [0.3, 0.4) is 0 Å². The van der Waals surface area contributed by atoms with E-state index in [1.54, 1.807) is 0 Å². The zero-order valence-electron chi connectivity index (χ0n) is 11.2. The van der Waals surface area contributed by atoms with Gasteiger partial charge in [-0.1, -0.05) is 6.92 Å². The summed E-state index contributed by atoms with van der Waals surface area (Å²) in [5.74, 6) is 0. The van der Waals surface area contributed by atoms with Gasteiger partial charge in [0.2, 0.25) is 0 Å². The molecule has 2 aliphatic rings. The van der Waals surface area contributed by atoms with Crippen LogP contribution in [0.15, 0.2) is 0 Å². The Kier molecular flexibility index (Phi) is 5.22. The van der Waals surface area contributed by atoms with Crippen LogP contribution in [0, 0.1) is 0 Å². The molecule has 1 heterocycles. The summed E-state index contributed by atoms with van der Waals surface area (Å²) < 4.78 is 11.2. The number of likely N-dealkylation sites (N-methyl/N-ethyl adjacent to an activating group) is 1. The van der Waals surface area contributed by atoms with E-state index >= 15 is 0 Å². The lowest BCUT2D eigenvalue weighted by Crippen LogP contribution is -2.47. The molecule has 1 aliphatic carbocycles. The van der Waals surface area contributed by atoms with Crippen molar-refractivity contribution >= 4 is 0 Å². The van der Waals surface area contributed by atoms with Crippen LogP contribution in [0.25, 0.3) is 0 Å². The topological polar surface area (TPSA) is 33.7 Å². The van der Waals surface area contributed by atoms with E-state index in [0.717, 1.165) is 39.2 Å². The molecule has 0 aromatic heterocycles. The minimum atomic E-state index is 0.366. The number of hydrogen-bond acceptors (Lipinski definition) is 4. The van der Waals surface area contributed by atoms with E-state index in [1.165, 1.54) is 12.8 Å². The molecule has 1 aliphatic heterocycles. The monoisotopic (exact) mass is 242 g/mol. The van der Waals surface area contributed by atoms with Gasteiger partial charge in [0.25, 0.3) is 0 Å². The highest BCUT2D eigenvalue weighted by Gasteiger charge is 2.26. The molecule has 1 saturated heterocycles. The molecule has 0 aromatic rings. The first-order valence-electron chi connectivity index (χ1n) is 6.92. The summed E-state index contributed by atoms with van der Waals surface area (Å²) in [5.41, 5.74) is 0. The average molecular weight is 242 g/mol. The van der Waals surface area contributed by atoms with Crippen molar-refractivity contribution in [2.45, 2.75) is 44.4 Å². The molecule has 17 heavy (non-hydrogen) atoms. The molecule has 4 nitrogen and oxygen atoms in total. The van der Waals surface area contributed by atoms with Gasteiger partial charge in [-0.15, -0.1) is 0 Å². The molecule has 0 aromatic carbocycles. The Morgan fingerprint density at radius 2 is 2.29 bits per heavy atom. The quantitative estimate of drug-likeness (QED) is 0.775. The zero-order valence-corrected chi connectivity index (χ0v) is 11.2. The fourth-order valence-corrected chi connectivity index (χ4v) is 2.83. The van der Waals surface area contributed by atoms with Crippen LogP contribution in [0.1, 0.15) is 26.2 Å². The van der Waals surface area contributed by atoms with E-state index in [1.807, 2.05) is 7.11 Å². The Balaban J connectivity index is 1.64. The van der Waals surface area contributed by atoms with E-state index in [-0.39, 0.29) is 0 Å². The predicted octanol–water partition coefficient (Wildman–Crippen LogP) is 0.864. The Labute approximate surface area is 105 Å². The van der Waals surface area contributed by atoms with Gasteiger partial charge in [0.05, 0.1) is 18.8 Å². The number of hydrogen-bond donors (Lipinski definition) is 1. The van der Waals surface area contributed by atoms with E-state index in [0.29, 0.717) is 18.2 Å². The SMILES string of the molecule is CCN1CCOC(CNC2CCC(OC)C2)C1. The van der Waals surface area contributed by atoms with E-state index < -0.39 is 0 Å². The smallest absolute Gasteiger partial charge is 0.0826 e. The lowest BCUT2D eigenvalue weighted by atomic mass is 10.2. The minimum Gasteiger partial charge on any atom is -0.381 e. The molecule has 0 spiro atoms. The van der Waals surface area contributed by atoms with Crippen LogP contribution in [0.2, 0.25) is 0 Å². The number of methoxy groups -OCH3 is 1. The zero-order chi connectivity index (χ0) is 12.1. The Morgan fingerprint density at radius 1 is 1.41 bits per heavy atom. The Morgan fingerprint density at radius 3 is 3.00 bits per heavy atom. The summed E-state index contributed by atoms with van der Waals surface area (Å²) in [6, 6.07) is 0.626. The van der Waals surface area contributed by atoms with Crippen LogP contribution in [-0.4, -0.2) is 63.0 Å². The third-order valence-corrected chi connectivity index (χ3v) is 4.02. The first-order valence-corrected chi connectivity index (χ1v) is 6.92. The second kappa shape index (κ2) is 6.69. The van der Waals surface area contributed by atoms with Crippen molar-refractivity contribution in [3.8, 4) is 0 Å². The molecule has 4 heteroatoms. The van der Waals surface area contributed by atoms with Crippen molar-refractivity contribution < 1.29 is 9.47 Å². The largest absolute Gasteiger partial charge is 0.381 e. The number of rotatable bonds is 5. The van der Waals surface area contributed by atoms with Crippen LogP contribution < -0.4 is 5.32 Å². The maximum atomic E-state index is 5.79. The van der Waals surface area contributed by atoms with Crippen LogP contribution >= 0.6 is 0 Å². The first kappa shape index (κ1) is 13.3. The first-order chi connectivity index (χ1) is 8.31. The minimum absolute atomic E-state index is 0.366. The number of morpholine rings is 1. The van der Waals surface area contributed by atoms with Crippen molar-refractivity contribution in [1.29, 1.82) is 0 Å². The summed E-state index contributed by atoms with van der Waals surface area (Å²) in [6.45, 7) is 7.38. The van der Waals surface area contributed by atoms with Crippen LogP contribution in [-0.2, 0) is 9.47 Å². The molecular formula is C13H26N2O2. The molecule has 2 fully saturated rings. The van der Waals surface area contributed by atoms with Gasteiger partial charge in [-0.3, -0.25) is 4.90 Å². The lowest BCUT2D eigenvalue weighted by Gasteiger charge is -2.32. The summed E-state index contributed by atoms with van der Waals surface area (Å²) in [7, 11) is 1.82. The normalized spacial score (nSPS) is 35.3. The summed E-state index contributed by atoms with van der Waals surface area (Å²) >= 11 is 0. The van der Waals surface area contributed by atoms with E-state index in [2.05, 4.69) is 17.1 Å². The summed E-state index contributed by atoms with van der Waals surface area (Å²) in [4.78, 5) is 2.46. The molecule has 0 amide bonds. The molecule has 2 rings (SSSR count). The van der Waals surface area contributed by atoms with Gasteiger partial charge in [0.1, 0.15) is 0 Å². The van der Waals surface area contributed by atoms with Crippen molar-refractivity contribution in [1.82, 2.24) is 10.2 Å². The van der Waals surface area contributed by atoms with Crippen LogP contribution in [0.5, 0.6) is 0 Å². The van der Waals surface area contributed by atoms with Gasteiger partial charge < -0.3 is 14.8 Å². The fourth-order valence-electron chi connectivity index (χ4n) is 2.83. The highest BCUT2D eigenvalue weighted by atomic mass is 16.5. The van der Waals surface area contributed by atoms with Gasteiger partial charge in [-0.25, -0.2) is 0 Å². The molecule has 1 saturated carbocycles. The van der Waals surface area contributed by atoms with E-state index in [9.17, 15) is 0 Å². The van der Waals surface area contributed by atoms with E-state index in [4.69, 9.17) is 9.47 Å². The van der Waals surface area contributed by atoms with Gasteiger partial charge in [-0.05, 0) is 25.8 Å². The molecule has 0 bridgehead atoms. The summed E-state index contributed by atoms with van der Waals surface area (Å²) in [6.07, 6.45) is 4.42. The maximum Gasteiger partial charge on any atom is 0.0826 e. The Hall–Kier alpha value is -0.160.